The van der Waals surface area contributed by atoms with E-state index in [-0.39, 0.29) is 5.91 Å². The first-order valence-electron chi connectivity index (χ1n) is 13.0. The van der Waals surface area contributed by atoms with Crippen molar-refractivity contribution in [1.29, 1.82) is 0 Å². The summed E-state index contributed by atoms with van der Waals surface area (Å²) in [4.78, 5) is 14.1. The van der Waals surface area contributed by atoms with Gasteiger partial charge in [-0.15, -0.1) is 0 Å². The number of carbonyl (C=O) groups excluding carboxylic acids is 1. The van der Waals surface area contributed by atoms with Crippen molar-refractivity contribution >= 4 is 17.2 Å². The second-order valence-electron chi connectivity index (χ2n) is 9.80. The molecule has 5 aromatic rings. The summed E-state index contributed by atoms with van der Waals surface area (Å²) in [6, 6.07) is 24.1. The van der Waals surface area contributed by atoms with Crippen LogP contribution in [-0.2, 0) is 13.0 Å². The number of ether oxygens (including phenoxy) is 2. The van der Waals surface area contributed by atoms with Crippen molar-refractivity contribution in [3.05, 3.63) is 95.8 Å². The molecule has 1 amide bonds. The van der Waals surface area contributed by atoms with Crippen LogP contribution in [0, 0.1) is 6.92 Å². The van der Waals surface area contributed by atoms with Crippen molar-refractivity contribution in [3.63, 3.8) is 0 Å². The van der Waals surface area contributed by atoms with Crippen LogP contribution in [0.25, 0.3) is 28.0 Å². The summed E-state index contributed by atoms with van der Waals surface area (Å²) in [6.45, 7) is 2.93. The highest BCUT2D eigenvalue weighted by Crippen LogP contribution is 2.40. The number of aryl methyl sites for hydroxylation is 3. The van der Waals surface area contributed by atoms with Gasteiger partial charge in [0, 0.05) is 29.6 Å². The molecule has 3 heterocycles. The second-order valence-corrected chi connectivity index (χ2v) is 9.80. The van der Waals surface area contributed by atoms with Gasteiger partial charge in [-0.05, 0) is 91.4 Å². The normalized spacial score (nSPS) is 12.8. The van der Waals surface area contributed by atoms with Crippen molar-refractivity contribution in [1.82, 2.24) is 8.97 Å². The number of benzene rings is 3. The molecule has 2 aromatic heterocycles. The average molecular weight is 506 g/mol. The number of imidazole rings is 1. The van der Waals surface area contributed by atoms with Crippen LogP contribution in [0.1, 0.15) is 34.5 Å². The van der Waals surface area contributed by atoms with Crippen LogP contribution in [0.4, 0.5) is 5.69 Å². The van der Waals surface area contributed by atoms with Gasteiger partial charge >= 0.3 is 0 Å². The van der Waals surface area contributed by atoms with E-state index in [0.717, 1.165) is 76.6 Å². The van der Waals surface area contributed by atoms with Crippen molar-refractivity contribution in [2.45, 2.75) is 32.7 Å². The molecule has 6 heteroatoms. The number of amides is 1. The lowest BCUT2D eigenvalue weighted by Gasteiger charge is -2.11. The monoisotopic (exact) mass is 505 g/mol. The molecule has 38 heavy (non-hydrogen) atoms. The van der Waals surface area contributed by atoms with E-state index in [1.165, 1.54) is 5.56 Å². The second kappa shape index (κ2) is 9.78. The van der Waals surface area contributed by atoms with Gasteiger partial charge in [0.05, 0.1) is 19.9 Å². The lowest BCUT2D eigenvalue weighted by Crippen LogP contribution is -2.15. The molecule has 1 aliphatic heterocycles. The Hall–Kier alpha value is -4.45. The maximum absolute atomic E-state index is 14.1. The van der Waals surface area contributed by atoms with Gasteiger partial charge in [-0.3, -0.25) is 9.20 Å². The Kier molecular flexibility index (Phi) is 6.16. The molecule has 192 valence electrons. The predicted octanol–water partition coefficient (Wildman–Crippen LogP) is 6.99. The van der Waals surface area contributed by atoms with Crippen LogP contribution in [0.5, 0.6) is 11.5 Å². The lowest BCUT2D eigenvalue weighted by atomic mass is 9.97. The number of methoxy groups -OCH3 is 2. The highest BCUT2D eigenvalue weighted by atomic mass is 16.5. The maximum atomic E-state index is 14.1. The molecule has 0 spiro atoms. The fourth-order valence-corrected chi connectivity index (χ4v) is 5.58. The largest absolute Gasteiger partial charge is 0.497 e. The molecule has 0 radical (unpaired) electrons. The Morgan fingerprint density at radius 1 is 0.868 bits per heavy atom. The van der Waals surface area contributed by atoms with E-state index < -0.39 is 0 Å². The maximum Gasteiger partial charge on any atom is 0.273 e. The van der Waals surface area contributed by atoms with E-state index in [4.69, 9.17) is 9.47 Å². The first kappa shape index (κ1) is 23.9. The Morgan fingerprint density at radius 3 is 2.21 bits per heavy atom. The number of rotatable bonds is 6. The number of hydrogen-bond acceptors (Lipinski definition) is 3. The highest BCUT2D eigenvalue weighted by Gasteiger charge is 2.29. The number of nitrogens with zero attached hydrogens (tertiary/aromatic N) is 2. The van der Waals surface area contributed by atoms with Crippen LogP contribution in [0.15, 0.2) is 79.0 Å². The van der Waals surface area contributed by atoms with Gasteiger partial charge in [0.25, 0.3) is 5.91 Å². The molecule has 0 saturated carbocycles. The molecule has 0 aliphatic carbocycles. The summed E-state index contributed by atoms with van der Waals surface area (Å²) < 4.78 is 15.3. The molecule has 0 fully saturated rings. The van der Waals surface area contributed by atoms with Crippen molar-refractivity contribution in [3.8, 4) is 33.9 Å². The van der Waals surface area contributed by atoms with Gasteiger partial charge in [0.15, 0.2) is 0 Å². The SMILES string of the molecule is COc1ccc(-c2c3c4n(c(-c5ccc(OC)cc5)cn4c2C(=O)Nc2cccc(C)c2)CCCC3)cc1. The van der Waals surface area contributed by atoms with Crippen molar-refractivity contribution in [2.75, 3.05) is 19.5 Å². The third-order valence-corrected chi connectivity index (χ3v) is 7.39. The zero-order valence-electron chi connectivity index (χ0n) is 22.0. The Balaban J connectivity index is 1.58. The summed E-state index contributed by atoms with van der Waals surface area (Å²) in [6.07, 6.45) is 5.17. The molecule has 6 rings (SSSR count). The fourth-order valence-electron chi connectivity index (χ4n) is 5.58. The number of anilines is 1. The van der Waals surface area contributed by atoms with E-state index in [2.05, 4.69) is 32.6 Å². The van der Waals surface area contributed by atoms with E-state index >= 15 is 0 Å². The van der Waals surface area contributed by atoms with Gasteiger partial charge in [-0.1, -0.05) is 24.3 Å². The van der Waals surface area contributed by atoms with E-state index in [1.54, 1.807) is 14.2 Å². The minimum absolute atomic E-state index is 0.123. The van der Waals surface area contributed by atoms with Crippen LogP contribution in [-0.4, -0.2) is 29.1 Å². The van der Waals surface area contributed by atoms with Gasteiger partial charge in [-0.25, -0.2) is 0 Å². The zero-order valence-corrected chi connectivity index (χ0v) is 22.0. The Bertz CT molecular complexity index is 1630. The number of hydrogen-bond donors (Lipinski definition) is 1. The third-order valence-electron chi connectivity index (χ3n) is 7.39. The average Bonchev–Trinajstić information content (AvgIpc) is 3.36. The van der Waals surface area contributed by atoms with Crippen molar-refractivity contribution in [2.24, 2.45) is 0 Å². The molecule has 0 saturated heterocycles. The lowest BCUT2D eigenvalue weighted by molar-refractivity contribution is 0.102. The quantitative estimate of drug-likeness (QED) is 0.271. The van der Waals surface area contributed by atoms with Crippen molar-refractivity contribution < 1.29 is 14.3 Å². The van der Waals surface area contributed by atoms with Crippen LogP contribution < -0.4 is 14.8 Å². The molecule has 0 atom stereocenters. The summed E-state index contributed by atoms with van der Waals surface area (Å²) in [5.74, 6) is 1.49. The van der Waals surface area contributed by atoms with Crippen LogP contribution in [0.2, 0.25) is 0 Å². The highest BCUT2D eigenvalue weighted by molar-refractivity contribution is 6.10. The predicted molar refractivity (Wildman–Crippen MR) is 151 cm³/mol. The molecule has 3 aromatic carbocycles. The molecular formula is C32H31N3O3. The molecule has 0 bridgehead atoms. The van der Waals surface area contributed by atoms with Gasteiger partial charge < -0.3 is 19.4 Å². The summed E-state index contributed by atoms with van der Waals surface area (Å²) in [5.41, 5.74) is 9.03. The van der Waals surface area contributed by atoms with Gasteiger partial charge in [0.2, 0.25) is 0 Å². The topological polar surface area (TPSA) is 56.9 Å². The van der Waals surface area contributed by atoms with E-state index in [0.29, 0.717) is 5.69 Å². The zero-order chi connectivity index (χ0) is 26.2. The number of carbonyl (C=O) groups is 1. The number of aromatic nitrogens is 2. The molecular weight excluding hydrogens is 474 g/mol. The molecule has 1 N–H and O–H groups in total. The minimum atomic E-state index is -0.123. The third kappa shape index (κ3) is 4.12. The van der Waals surface area contributed by atoms with Gasteiger partial charge in [-0.2, -0.15) is 0 Å². The Labute approximate surface area is 222 Å². The fraction of sp³-hybridized carbons (Fsp3) is 0.219. The first-order valence-corrected chi connectivity index (χ1v) is 13.0. The summed E-state index contributed by atoms with van der Waals surface area (Å²) >= 11 is 0. The molecule has 1 aliphatic rings. The van der Waals surface area contributed by atoms with Crippen LogP contribution >= 0.6 is 0 Å². The first-order chi connectivity index (χ1) is 18.6. The van der Waals surface area contributed by atoms with E-state index in [9.17, 15) is 4.79 Å². The number of nitrogens with one attached hydrogen (secondary N) is 1. The standard InChI is InChI=1S/C32H31N3O3/c1-21-7-6-8-24(19-21)33-31(36)30-29(23-12-16-26(38-3)17-13-23)27-9-4-5-18-34-28(20-35(30)32(27)34)22-10-14-25(37-2)15-11-22/h6-8,10-17,19-20H,4-5,9,18H2,1-3H3,(H,33,36). The smallest absolute Gasteiger partial charge is 0.273 e. The van der Waals surface area contributed by atoms with Crippen LogP contribution in [0.3, 0.4) is 0 Å². The summed E-state index contributed by atoms with van der Waals surface area (Å²) in [7, 11) is 3.34. The Morgan fingerprint density at radius 2 is 1.55 bits per heavy atom. The van der Waals surface area contributed by atoms with Gasteiger partial charge in [0.1, 0.15) is 22.8 Å². The molecule has 0 unspecified atom stereocenters. The minimum Gasteiger partial charge on any atom is -0.497 e. The summed E-state index contributed by atoms with van der Waals surface area (Å²) in [5, 5.41) is 3.17. The molecule has 6 nitrogen and oxygen atoms in total. The van der Waals surface area contributed by atoms with E-state index in [1.807, 2.05) is 67.6 Å².